The molecule has 1 aromatic rings. The SMILES string of the molecule is C/C(C#CC1(O)c2ccccc2C(=O)CC1(C)C)=C/C(=O)O. The van der Waals surface area contributed by atoms with E-state index in [0.717, 1.165) is 6.08 Å². The fourth-order valence-electron chi connectivity index (χ4n) is 2.68. The molecule has 1 atom stereocenters. The summed E-state index contributed by atoms with van der Waals surface area (Å²) in [5.41, 5.74) is -0.989. The van der Waals surface area contributed by atoms with Crippen LogP contribution in [-0.2, 0) is 10.4 Å². The third-order valence-electron chi connectivity index (χ3n) is 3.98. The summed E-state index contributed by atoms with van der Waals surface area (Å²) in [6.45, 7) is 5.13. The van der Waals surface area contributed by atoms with Crippen LogP contribution in [0.1, 0.15) is 43.1 Å². The third-order valence-corrected chi connectivity index (χ3v) is 3.98. The van der Waals surface area contributed by atoms with E-state index >= 15 is 0 Å². The molecule has 0 heterocycles. The van der Waals surface area contributed by atoms with Crippen molar-refractivity contribution in [2.75, 3.05) is 0 Å². The smallest absolute Gasteiger partial charge is 0.329 e. The molecule has 0 bridgehead atoms. The number of Topliss-reactive ketones (excluding diaryl/α,β-unsaturated/α-hetero) is 1. The normalized spacial score (nSPS) is 23.3. The van der Waals surface area contributed by atoms with E-state index in [9.17, 15) is 14.7 Å². The average molecular weight is 298 g/mol. The van der Waals surface area contributed by atoms with E-state index in [4.69, 9.17) is 5.11 Å². The number of benzene rings is 1. The Morgan fingerprint density at radius 1 is 1.32 bits per heavy atom. The van der Waals surface area contributed by atoms with Gasteiger partial charge in [0.15, 0.2) is 11.4 Å². The standard InChI is InChI=1S/C18H18O4/c1-12(10-16(20)21)8-9-18(22)14-7-5-4-6-13(14)15(19)11-17(18,2)3/h4-7,10,22H,11H2,1-3H3,(H,20,21)/b12-10-. The average Bonchev–Trinajstić information content (AvgIpc) is 2.42. The first-order valence-corrected chi connectivity index (χ1v) is 6.97. The molecule has 0 saturated carbocycles. The number of ketones is 1. The monoisotopic (exact) mass is 298 g/mol. The lowest BCUT2D eigenvalue weighted by Gasteiger charge is -2.43. The lowest BCUT2D eigenvalue weighted by Crippen LogP contribution is -2.46. The first kappa shape index (κ1) is 16.0. The first-order chi connectivity index (χ1) is 10.2. The first-order valence-electron chi connectivity index (χ1n) is 6.97. The van der Waals surface area contributed by atoms with Gasteiger partial charge in [-0.3, -0.25) is 4.79 Å². The molecule has 1 aliphatic rings. The Morgan fingerprint density at radius 3 is 2.59 bits per heavy atom. The molecule has 0 amide bonds. The summed E-state index contributed by atoms with van der Waals surface area (Å²) in [6.07, 6.45) is 1.17. The maximum Gasteiger partial charge on any atom is 0.329 e. The Kier molecular flexibility index (Phi) is 3.95. The van der Waals surface area contributed by atoms with Gasteiger partial charge >= 0.3 is 5.97 Å². The number of aliphatic hydroxyl groups is 1. The molecule has 114 valence electrons. The van der Waals surface area contributed by atoms with Crippen molar-refractivity contribution >= 4 is 11.8 Å². The Balaban J connectivity index is 2.60. The molecule has 0 saturated heterocycles. The molecule has 22 heavy (non-hydrogen) atoms. The van der Waals surface area contributed by atoms with Crippen LogP contribution < -0.4 is 0 Å². The molecule has 0 aliphatic heterocycles. The highest BCUT2D eigenvalue weighted by molar-refractivity contribution is 6.00. The van der Waals surface area contributed by atoms with E-state index in [1.807, 2.05) is 0 Å². The fraction of sp³-hybridized carbons (Fsp3) is 0.333. The molecule has 2 rings (SSSR count). The highest BCUT2D eigenvalue weighted by Gasteiger charge is 2.50. The van der Waals surface area contributed by atoms with Crippen LogP contribution in [0.25, 0.3) is 0 Å². The minimum absolute atomic E-state index is 0.0233. The van der Waals surface area contributed by atoms with E-state index in [-0.39, 0.29) is 12.2 Å². The number of allylic oxidation sites excluding steroid dienone is 1. The minimum Gasteiger partial charge on any atom is -0.478 e. The van der Waals surface area contributed by atoms with Gasteiger partial charge in [0.05, 0.1) is 0 Å². The van der Waals surface area contributed by atoms with Gasteiger partial charge in [0.1, 0.15) is 0 Å². The lowest BCUT2D eigenvalue weighted by molar-refractivity contribution is -0.131. The molecule has 1 unspecified atom stereocenters. The van der Waals surface area contributed by atoms with Crippen molar-refractivity contribution in [1.82, 2.24) is 0 Å². The topological polar surface area (TPSA) is 74.6 Å². The van der Waals surface area contributed by atoms with Crippen molar-refractivity contribution in [3.63, 3.8) is 0 Å². The van der Waals surface area contributed by atoms with Gasteiger partial charge in [0, 0.05) is 34.6 Å². The number of carbonyl (C=O) groups excluding carboxylic acids is 1. The number of fused-ring (bicyclic) bond motifs is 1. The summed E-state index contributed by atoms with van der Waals surface area (Å²) in [4.78, 5) is 22.9. The van der Waals surface area contributed by atoms with Crippen LogP contribution in [0.5, 0.6) is 0 Å². The Morgan fingerprint density at radius 2 is 1.95 bits per heavy atom. The Labute approximate surface area is 129 Å². The van der Waals surface area contributed by atoms with Crippen molar-refractivity contribution in [3.8, 4) is 11.8 Å². The van der Waals surface area contributed by atoms with Gasteiger partial charge in [0.2, 0.25) is 0 Å². The van der Waals surface area contributed by atoms with E-state index in [1.54, 1.807) is 45.0 Å². The van der Waals surface area contributed by atoms with Crippen LogP contribution in [0.2, 0.25) is 0 Å². The number of hydrogen-bond acceptors (Lipinski definition) is 3. The molecular formula is C18H18O4. The molecule has 0 radical (unpaired) electrons. The maximum absolute atomic E-state index is 12.2. The molecule has 4 heteroatoms. The zero-order valence-corrected chi connectivity index (χ0v) is 12.8. The summed E-state index contributed by atoms with van der Waals surface area (Å²) >= 11 is 0. The van der Waals surface area contributed by atoms with Gasteiger partial charge in [-0.25, -0.2) is 4.79 Å². The van der Waals surface area contributed by atoms with Gasteiger partial charge in [-0.15, -0.1) is 0 Å². The van der Waals surface area contributed by atoms with Crippen LogP contribution in [0.3, 0.4) is 0 Å². The van der Waals surface area contributed by atoms with Gasteiger partial charge < -0.3 is 10.2 Å². The second-order valence-electron chi connectivity index (χ2n) is 6.16. The van der Waals surface area contributed by atoms with E-state index in [0.29, 0.717) is 16.7 Å². The predicted molar refractivity (Wildman–Crippen MR) is 82.2 cm³/mol. The van der Waals surface area contributed by atoms with E-state index in [2.05, 4.69) is 11.8 Å². The van der Waals surface area contributed by atoms with Gasteiger partial charge in [0.25, 0.3) is 0 Å². The number of carboxylic acid groups (broad SMARTS) is 1. The van der Waals surface area contributed by atoms with Crippen LogP contribution in [0.15, 0.2) is 35.9 Å². The van der Waals surface area contributed by atoms with Gasteiger partial charge in [-0.05, 0) is 6.92 Å². The van der Waals surface area contributed by atoms with Gasteiger partial charge in [-0.1, -0.05) is 50.0 Å². The van der Waals surface area contributed by atoms with Crippen LogP contribution in [-0.4, -0.2) is 22.0 Å². The Hall–Kier alpha value is -2.38. The number of carbonyl (C=O) groups is 2. The molecule has 0 aromatic heterocycles. The van der Waals surface area contributed by atoms with E-state index in [1.165, 1.54) is 0 Å². The highest BCUT2D eigenvalue weighted by atomic mass is 16.4. The molecule has 2 N–H and O–H groups in total. The number of aliphatic carboxylic acids is 1. The second kappa shape index (κ2) is 5.43. The molecule has 0 fully saturated rings. The van der Waals surface area contributed by atoms with Gasteiger partial charge in [-0.2, -0.15) is 0 Å². The lowest BCUT2D eigenvalue weighted by atomic mass is 9.62. The molecule has 4 nitrogen and oxygen atoms in total. The summed E-state index contributed by atoms with van der Waals surface area (Å²) in [6, 6.07) is 6.87. The fourth-order valence-corrected chi connectivity index (χ4v) is 2.68. The zero-order valence-electron chi connectivity index (χ0n) is 12.8. The number of hydrogen-bond donors (Lipinski definition) is 2. The van der Waals surface area contributed by atoms with Crippen molar-refractivity contribution in [3.05, 3.63) is 47.0 Å². The summed E-state index contributed by atoms with van der Waals surface area (Å²) in [5, 5.41) is 19.9. The second-order valence-corrected chi connectivity index (χ2v) is 6.16. The molecular weight excluding hydrogens is 280 g/mol. The van der Waals surface area contributed by atoms with Crippen LogP contribution >= 0.6 is 0 Å². The van der Waals surface area contributed by atoms with E-state index < -0.39 is 17.0 Å². The molecule has 1 aliphatic carbocycles. The maximum atomic E-state index is 12.2. The number of rotatable bonds is 1. The predicted octanol–water partition coefficient (Wildman–Crippen LogP) is 2.52. The zero-order chi connectivity index (χ0) is 16.5. The number of carboxylic acids is 1. The van der Waals surface area contributed by atoms with Crippen LogP contribution in [0.4, 0.5) is 0 Å². The quantitative estimate of drug-likeness (QED) is 0.617. The summed E-state index contributed by atoms with van der Waals surface area (Å²) < 4.78 is 0. The van der Waals surface area contributed by atoms with Crippen molar-refractivity contribution in [2.45, 2.75) is 32.8 Å². The van der Waals surface area contributed by atoms with Crippen molar-refractivity contribution in [2.24, 2.45) is 5.41 Å². The molecule has 1 aromatic carbocycles. The van der Waals surface area contributed by atoms with Crippen LogP contribution in [0, 0.1) is 17.3 Å². The highest BCUT2D eigenvalue weighted by Crippen LogP contribution is 2.47. The largest absolute Gasteiger partial charge is 0.478 e. The molecule has 0 spiro atoms. The third kappa shape index (κ3) is 2.68. The Bertz CT molecular complexity index is 731. The minimum atomic E-state index is -1.51. The van der Waals surface area contributed by atoms with Crippen molar-refractivity contribution in [1.29, 1.82) is 0 Å². The summed E-state index contributed by atoms with van der Waals surface area (Å²) in [7, 11) is 0. The van der Waals surface area contributed by atoms with Crippen molar-refractivity contribution < 1.29 is 19.8 Å². The summed E-state index contributed by atoms with van der Waals surface area (Å²) in [5.74, 6) is 4.39.